The third kappa shape index (κ3) is 5.51. The van der Waals surface area contributed by atoms with Crippen LogP contribution in [0.15, 0.2) is 60.9 Å². The number of rotatable bonds is 8. The van der Waals surface area contributed by atoms with Gasteiger partial charge in [-0.3, -0.25) is 14.9 Å². The van der Waals surface area contributed by atoms with Crippen LogP contribution in [-0.4, -0.2) is 49.4 Å². The molecule has 0 radical (unpaired) electrons. The Kier molecular flexibility index (Phi) is 6.88. The second-order valence-corrected chi connectivity index (χ2v) is 8.91. The lowest BCUT2D eigenvalue weighted by Crippen LogP contribution is -2.25. The minimum absolute atomic E-state index is 0.0787. The Balaban J connectivity index is 1.20. The molecule has 0 spiro atoms. The molecule has 1 aliphatic rings. The van der Waals surface area contributed by atoms with Crippen LogP contribution in [0.1, 0.15) is 32.1 Å². The van der Waals surface area contributed by atoms with E-state index < -0.39 is 5.97 Å². The van der Waals surface area contributed by atoms with Gasteiger partial charge in [0.15, 0.2) is 11.6 Å². The van der Waals surface area contributed by atoms with Crippen LogP contribution in [0.4, 0.5) is 0 Å². The number of nitrogens with one attached hydrogen (secondary N) is 1. The Morgan fingerprint density at radius 1 is 0.944 bits per heavy atom. The molecule has 4 aromatic rings. The number of aromatic nitrogens is 5. The Morgan fingerprint density at radius 3 is 2.31 bits per heavy atom. The number of pyridine rings is 2. The second kappa shape index (κ2) is 10.6. The molecule has 3 aromatic heterocycles. The van der Waals surface area contributed by atoms with Gasteiger partial charge in [-0.15, -0.1) is 0 Å². The maximum atomic E-state index is 10.9. The average molecular weight is 486 g/mol. The lowest BCUT2D eigenvalue weighted by Gasteiger charge is -2.27. The summed E-state index contributed by atoms with van der Waals surface area (Å²) in [4.78, 5) is 24.5. The van der Waals surface area contributed by atoms with Crippen molar-refractivity contribution in [2.45, 2.75) is 38.2 Å². The Morgan fingerprint density at radius 2 is 1.67 bits per heavy atom. The van der Waals surface area contributed by atoms with Gasteiger partial charge in [0.1, 0.15) is 11.9 Å². The van der Waals surface area contributed by atoms with Crippen molar-refractivity contribution in [2.24, 2.45) is 5.92 Å². The van der Waals surface area contributed by atoms with Crippen molar-refractivity contribution in [3.8, 4) is 45.7 Å². The monoisotopic (exact) mass is 485 g/mol. The van der Waals surface area contributed by atoms with E-state index in [1.165, 1.54) is 0 Å². The number of hydrogen-bond acceptors (Lipinski definition) is 7. The number of H-pyrrole nitrogens is 1. The first kappa shape index (κ1) is 23.5. The molecule has 1 saturated carbocycles. The van der Waals surface area contributed by atoms with E-state index in [4.69, 9.17) is 14.6 Å². The number of nitrogens with zero attached hydrogens (tertiary/aromatic N) is 4. The molecule has 1 fully saturated rings. The smallest absolute Gasteiger partial charge is 0.303 e. The molecule has 9 heteroatoms. The first-order valence-electron chi connectivity index (χ1n) is 12.0. The minimum atomic E-state index is -0.725. The third-order valence-corrected chi connectivity index (χ3v) is 6.45. The fraction of sp³-hybridized carbons (Fsp3) is 0.296. The average Bonchev–Trinajstić information content (AvgIpc) is 3.41. The van der Waals surface area contributed by atoms with Gasteiger partial charge in [0, 0.05) is 41.6 Å². The lowest BCUT2D eigenvalue weighted by atomic mass is 9.85. The number of aliphatic carboxylic acids is 1. The molecule has 3 heterocycles. The van der Waals surface area contributed by atoms with Gasteiger partial charge in [-0.05, 0) is 74.1 Å². The van der Waals surface area contributed by atoms with Gasteiger partial charge < -0.3 is 14.6 Å². The van der Waals surface area contributed by atoms with Crippen LogP contribution in [0.3, 0.4) is 0 Å². The third-order valence-electron chi connectivity index (χ3n) is 6.45. The van der Waals surface area contributed by atoms with Gasteiger partial charge in [-0.25, -0.2) is 9.97 Å². The predicted octanol–water partition coefficient (Wildman–Crippen LogP) is 5.02. The molecule has 0 bridgehead atoms. The van der Waals surface area contributed by atoms with E-state index in [1.54, 1.807) is 19.5 Å². The van der Waals surface area contributed by atoms with Crippen molar-refractivity contribution in [1.29, 1.82) is 0 Å². The topological polar surface area (TPSA) is 123 Å². The summed E-state index contributed by atoms with van der Waals surface area (Å²) in [5.74, 6) is 2.12. The van der Waals surface area contributed by atoms with E-state index in [9.17, 15) is 4.79 Å². The van der Waals surface area contributed by atoms with Crippen molar-refractivity contribution in [3.05, 3.63) is 60.9 Å². The van der Waals surface area contributed by atoms with Gasteiger partial charge in [-0.2, -0.15) is 5.10 Å². The highest BCUT2D eigenvalue weighted by molar-refractivity contribution is 5.67. The molecule has 0 atom stereocenters. The maximum Gasteiger partial charge on any atom is 0.303 e. The molecule has 5 rings (SSSR count). The van der Waals surface area contributed by atoms with E-state index in [0.717, 1.165) is 53.8 Å². The molecule has 0 aliphatic heterocycles. The number of ether oxygens (including phenoxy) is 2. The molecule has 184 valence electrons. The second-order valence-electron chi connectivity index (χ2n) is 8.91. The van der Waals surface area contributed by atoms with Gasteiger partial charge in [-0.1, -0.05) is 0 Å². The maximum absolute atomic E-state index is 10.9. The quantitative estimate of drug-likeness (QED) is 0.357. The molecule has 36 heavy (non-hydrogen) atoms. The van der Waals surface area contributed by atoms with Crippen LogP contribution in [0.2, 0.25) is 0 Å². The molecule has 0 saturated heterocycles. The van der Waals surface area contributed by atoms with Crippen molar-refractivity contribution >= 4 is 5.97 Å². The largest absolute Gasteiger partial charge is 0.497 e. The highest BCUT2D eigenvalue weighted by Gasteiger charge is 2.24. The summed E-state index contributed by atoms with van der Waals surface area (Å²) >= 11 is 0. The van der Waals surface area contributed by atoms with E-state index in [1.807, 2.05) is 48.5 Å². The number of methoxy groups -OCH3 is 1. The van der Waals surface area contributed by atoms with Gasteiger partial charge in [0.25, 0.3) is 0 Å². The van der Waals surface area contributed by atoms with Crippen molar-refractivity contribution in [3.63, 3.8) is 0 Å². The standard InChI is InChI=1S/C27H27N5O4/c1-35-21-10-4-18(5-11-21)26-30-27(32-31-26)20-6-12-23(28-16-20)19-7-13-24(29-15-19)36-22-8-2-17(3-9-22)14-25(33)34/h4-7,10-13,15-17,22H,2-3,8-9,14H2,1H3,(H,33,34)(H,30,31,32). The van der Waals surface area contributed by atoms with Crippen molar-refractivity contribution in [1.82, 2.24) is 25.1 Å². The highest BCUT2D eigenvalue weighted by Crippen LogP contribution is 2.30. The SMILES string of the molecule is COc1ccc(-c2nc(-c3ccc(-c4ccc(OC5CCC(CC(=O)O)CC5)nc4)nc3)n[nH]2)cc1. The molecule has 1 aromatic carbocycles. The minimum Gasteiger partial charge on any atom is -0.497 e. The molecular weight excluding hydrogens is 458 g/mol. The highest BCUT2D eigenvalue weighted by atomic mass is 16.5. The molecule has 0 unspecified atom stereocenters. The fourth-order valence-electron chi connectivity index (χ4n) is 4.44. The van der Waals surface area contributed by atoms with E-state index in [0.29, 0.717) is 17.5 Å². The van der Waals surface area contributed by atoms with E-state index in [-0.39, 0.29) is 18.4 Å². The van der Waals surface area contributed by atoms with Crippen molar-refractivity contribution < 1.29 is 19.4 Å². The summed E-state index contributed by atoms with van der Waals surface area (Å²) in [5, 5.41) is 16.3. The number of aromatic amines is 1. The summed E-state index contributed by atoms with van der Waals surface area (Å²) in [6.45, 7) is 0. The Hall–Kier alpha value is -4.27. The van der Waals surface area contributed by atoms with Gasteiger partial charge >= 0.3 is 5.97 Å². The summed E-state index contributed by atoms with van der Waals surface area (Å²) < 4.78 is 11.2. The number of carboxylic acid groups (broad SMARTS) is 1. The lowest BCUT2D eigenvalue weighted by molar-refractivity contribution is -0.138. The van der Waals surface area contributed by atoms with E-state index >= 15 is 0 Å². The van der Waals surface area contributed by atoms with Crippen LogP contribution in [-0.2, 0) is 4.79 Å². The zero-order valence-corrected chi connectivity index (χ0v) is 19.9. The molecule has 9 nitrogen and oxygen atoms in total. The molecule has 2 N–H and O–H groups in total. The van der Waals surface area contributed by atoms with Gasteiger partial charge in [0.05, 0.1) is 12.8 Å². The number of benzene rings is 1. The Labute approximate surface area is 208 Å². The summed E-state index contributed by atoms with van der Waals surface area (Å²) in [6.07, 6.45) is 7.27. The van der Waals surface area contributed by atoms with Gasteiger partial charge in [0.2, 0.25) is 5.88 Å². The van der Waals surface area contributed by atoms with Crippen LogP contribution in [0, 0.1) is 5.92 Å². The summed E-state index contributed by atoms with van der Waals surface area (Å²) in [6, 6.07) is 15.3. The number of hydrogen-bond donors (Lipinski definition) is 2. The zero-order chi connectivity index (χ0) is 24.9. The normalized spacial score (nSPS) is 17.5. The van der Waals surface area contributed by atoms with Crippen LogP contribution in [0.5, 0.6) is 11.6 Å². The zero-order valence-electron chi connectivity index (χ0n) is 19.9. The first-order valence-corrected chi connectivity index (χ1v) is 12.0. The van der Waals surface area contributed by atoms with Crippen LogP contribution < -0.4 is 9.47 Å². The first-order chi connectivity index (χ1) is 17.6. The summed E-state index contributed by atoms with van der Waals surface area (Å²) in [5.41, 5.74) is 3.40. The van der Waals surface area contributed by atoms with Crippen LogP contribution in [0.25, 0.3) is 34.0 Å². The fourth-order valence-corrected chi connectivity index (χ4v) is 4.44. The molecule has 1 aliphatic carbocycles. The predicted molar refractivity (Wildman–Crippen MR) is 133 cm³/mol. The van der Waals surface area contributed by atoms with Crippen LogP contribution >= 0.6 is 0 Å². The van der Waals surface area contributed by atoms with E-state index in [2.05, 4.69) is 25.1 Å². The Bertz CT molecular complexity index is 1300. The van der Waals surface area contributed by atoms with Crippen molar-refractivity contribution in [2.75, 3.05) is 7.11 Å². The number of carbonyl (C=O) groups is 1. The number of carboxylic acids is 1. The molecule has 0 amide bonds. The summed E-state index contributed by atoms with van der Waals surface area (Å²) in [7, 11) is 1.63. The molecular formula is C27H27N5O4.